The third kappa shape index (κ3) is 13.0. The maximum absolute atomic E-state index is 12.0. The molecule has 0 radical (unpaired) electrons. The first kappa shape index (κ1) is 27.4. The van der Waals surface area contributed by atoms with Crippen molar-refractivity contribution < 1.29 is 42.5 Å². The maximum Gasteiger partial charge on any atom is 2.00 e. The van der Waals surface area contributed by atoms with E-state index in [2.05, 4.69) is 15.9 Å². The molecule has 138 valence electrons. The van der Waals surface area contributed by atoms with Crippen molar-refractivity contribution >= 4 is 60.7 Å². The quantitative estimate of drug-likeness (QED) is 0.287. The van der Waals surface area contributed by atoms with Crippen molar-refractivity contribution in [3.05, 3.63) is 64.6 Å². The molecule has 0 aromatic heterocycles. The summed E-state index contributed by atoms with van der Waals surface area (Å²) in [5, 5.41) is 0. The molecule has 0 aliphatic rings. The van der Waals surface area contributed by atoms with Crippen LogP contribution in [0.1, 0.15) is 16.8 Å². The number of thioether (sulfide) groups is 1. The van der Waals surface area contributed by atoms with Crippen LogP contribution in [0, 0.1) is 0 Å². The second-order valence-corrected chi connectivity index (χ2v) is 8.95. The molecular formula is C17H17BrClO2PtS3+. The van der Waals surface area contributed by atoms with Crippen molar-refractivity contribution in [1.29, 1.82) is 0 Å². The fourth-order valence-electron chi connectivity index (χ4n) is 1.53. The summed E-state index contributed by atoms with van der Waals surface area (Å²) in [7, 11) is -0.611. The van der Waals surface area contributed by atoms with Gasteiger partial charge in [-0.3, -0.25) is 9.00 Å². The van der Waals surface area contributed by atoms with Gasteiger partial charge in [0, 0.05) is 38.2 Å². The van der Waals surface area contributed by atoms with Crippen LogP contribution in [-0.2, 0) is 31.9 Å². The van der Waals surface area contributed by atoms with Crippen LogP contribution in [0.5, 0.6) is 0 Å². The third-order valence-electron chi connectivity index (χ3n) is 2.45. The van der Waals surface area contributed by atoms with Crippen molar-refractivity contribution in [2.24, 2.45) is 0 Å². The van der Waals surface area contributed by atoms with Crippen molar-refractivity contribution in [1.82, 2.24) is 0 Å². The zero-order valence-electron chi connectivity index (χ0n) is 13.5. The largest absolute Gasteiger partial charge is 2.00 e. The molecule has 0 saturated carbocycles. The van der Waals surface area contributed by atoms with Crippen LogP contribution in [0.2, 0.25) is 0 Å². The average Bonchev–Trinajstić information content (AvgIpc) is 2.48. The zero-order chi connectivity index (χ0) is 17.2. The molecule has 2 aromatic carbocycles. The SMILES string of the molecule is CS(C)=O.O=C(CC(=S)Sc1ccccc1)c1ccc(Br)cc1.[Cl-].[Pt+2]. The van der Waals surface area contributed by atoms with Crippen molar-refractivity contribution in [3.8, 4) is 0 Å². The van der Waals surface area contributed by atoms with Gasteiger partial charge in [0.05, 0.1) is 10.6 Å². The summed E-state index contributed by atoms with van der Waals surface area (Å²) in [5.74, 6) is 0.0564. The predicted octanol–water partition coefficient (Wildman–Crippen LogP) is 2.14. The van der Waals surface area contributed by atoms with Gasteiger partial charge < -0.3 is 12.4 Å². The number of carbonyl (C=O) groups excluding carboxylic acids is 1. The molecule has 8 heteroatoms. The van der Waals surface area contributed by atoms with Gasteiger partial charge in [0.25, 0.3) is 0 Å². The van der Waals surface area contributed by atoms with E-state index in [4.69, 9.17) is 12.2 Å². The molecule has 0 amide bonds. The summed E-state index contributed by atoms with van der Waals surface area (Å²) < 4.78 is 11.2. The molecule has 0 bridgehead atoms. The van der Waals surface area contributed by atoms with E-state index in [1.165, 1.54) is 11.8 Å². The average molecular weight is 660 g/mol. The Morgan fingerprint density at radius 2 is 1.56 bits per heavy atom. The number of rotatable bonds is 4. The summed E-state index contributed by atoms with van der Waals surface area (Å²) in [6.45, 7) is 0. The van der Waals surface area contributed by atoms with Crippen molar-refractivity contribution in [2.45, 2.75) is 11.3 Å². The van der Waals surface area contributed by atoms with Crippen LogP contribution in [0.15, 0.2) is 64.0 Å². The van der Waals surface area contributed by atoms with Gasteiger partial charge in [-0.25, -0.2) is 0 Å². The summed E-state index contributed by atoms with van der Waals surface area (Å²) in [6, 6.07) is 17.2. The predicted molar refractivity (Wildman–Crippen MR) is 108 cm³/mol. The Balaban J connectivity index is 0. The number of ketones is 1. The molecule has 0 N–H and O–H groups in total. The number of hydrogen-bond acceptors (Lipinski definition) is 4. The van der Waals surface area contributed by atoms with Gasteiger partial charge >= 0.3 is 21.1 Å². The van der Waals surface area contributed by atoms with Crippen LogP contribution in [0.3, 0.4) is 0 Å². The maximum atomic E-state index is 12.0. The number of carbonyl (C=O) groups is 1. The second kappa shape index (κ2) is 15.2. The molecular weight excluding hydrogens is 643 g/mol. The summed E-state index contributed by atoms with van der Waals surface area (Å²) in [4.78, 5) is 13.1. The number of benzene rings is 2. The molecule has 2 aromatic rings. The number of halogens is 2. The smallest absolute Gasteiger partial charge is 1.00 e. The standard InChI is InChI=1S/C15H11BrOS2.C2H6OS.ClH.Pt/c16-12-8-6-11(7-9-12)14(17)10-15(18)19-13-4-2-1-3-5-13;1-4(2)3;;/h1-9H,10H2;1-2H3;1H;/q;;;+2/p-1. The van der Waals surface area contributed by atoms with E-state index >= 15 is 0 Å². The Hall–Kier alpha value is 0.158. The van der Waals surface area contributed by atoms with Gasteiger partial charge in [0.2, 0.25) is 0 Å². The minimum Gasteiger partial charge on any atom is -1.00 e. The Morgan fingerprint density at radius 3 is 2.04 bits per heavy atom. The molecule has 0 aliphatic heterocycles. The Labute approximate surface area is 190 Å². The molecule has 0 fully saturated rings. The van der Waals surface area contributed by atoms with E-state index in [1.54, 1.807) is 12.5 Å². The first-order valence-corrected chi connectivity index (χ1v) is 10.7. The summed E-state index contributed by atoms with van der Waals surface area (Å²) in [6.07, 6.45) is 3.57. The molecule has 0 spiro atoms. The normalized spacial score (nSPS) is 9.12. The first-order valence-electron chi connectivity index (χ1n) is 6.68. The van der Waals surface area contributed by atoms with Crippen LogP contribution in [-0.4, -0.2) is 26.7 Å². The van der Waals surface area contributed by atoms with E-state index in [0.717, 1.165) is 9.37 Å². The Bertz CT molecular complexity index is 678. The van der Waals surface area contributed by atoms with Gasteiger partial charge in [-0.15, -0.1) is 0 Å². The number of Topliss-reactive ketones (excluding diaryl/α,β-unsaturated/α-hetero) is 1. The van der Waals surface area contributed by atoms with Gasteiger partial charge in [-0.1, -0.05) is 70.2 Å². The van der Waals surface area contributed by atoms with Gasteiger partial charge in [-0.2, -0.15) is 0 Å². The summed E-state index contributed by atoms with van der Waals surface area (Å²) in [5.41, 5.74) is 0.694. The number of hydrogen-bond donors (Lipinski definition) is 0. The monoisotopic (exact) mass is 658 g/mol. The first-order chi connectivity index (χ1) is 10.9. The van der Waals surface area contributed by atoms with Gasteiger partial charge in [0.15, 0.2) is 5.78 Å². The molecule has 25 heavy (non-hydrogen) atoms. The van der Waals surface area contributed by atoms with Crippen LogP contribution in [0.25, 0.3) is 0 Å². The zero-order valence-corrected chi connectivity index (χ0v) is 20.6. The van der Waals surface area contributed by atoms with Crippen molar-refractivity contribution in [2.75, 3.05) is 12.5 Å². The number of thiocarbonyl (C=S) groups is 1. The van der Waals surface area contributed by atoms with Crippen LogP contribution < -0.4 is 12.4 Å². The molecule has 2 rings (SSSR count). The van der Waals surface area contributed by atoms with Crippen molar-refractivity contribution in [3.63, 3.8) is 0 Å². The van der Waals surface area contributed by atoms with Gasteiger partial charge in [0.1, 0.15) is 0 Å². The minimum atomic E-state index is -0.611. The van der Waals surface area contributed by atoms with E-state index in [1.807, 2.05) is 54.6 Å². The summed E-state index contributed by atoms with van der Waals surface area (Å²) >= 11 is 10.1. The third-order valence-corrected chi connectivity index (χ3v) is 4.25. The van der Waals surface area contributed by atoms with Crippen LogP contribution in [0.4, 0.5) is 0 Å². The Morgan fingerprint density at radius 1 is 1.08 bits per heavy atom. The molecule has 0 heterocycles. The van der Waals surface area contributed by atoms with E-state index in [0.29, 0.717) is 9.76 Å². The molecule has 0 unspecified atom stereocenters. The van der Waals surface area contributed by atoms with E-state index in [-0.39, 0.29) is 45.7 Å². The topological polar surface area (TPSA) is 34.1 Å². The fraction of sp³-hybridized carbons (Fsp3) is 0.176. The molecule has 0 saturated heterocycles. The molecule has 0 aliphatic carbocycles. The molecule has 2 nitrogen and oxygen atoms in total. The minimum absolute atomic E-state index is 0. The second-order valence-electron chi connectivity index (χ2n) is 4.64. The Kier molecular flexibility index (Phi) is 16.7. The molecule has 0 atom stereocenters. The van der Waals surface area contributed by atoms with Crippen LogP contribution >= 0.6 is 39.9 Å². The fourth-order valence-corrected chi connectivity index (χ4v) is 2.97. The van der Waals surface area contributed by atoms with Gasteiger partial charge in [-0.05, 0) is 24.3 Å². The van der Waals surface area contributed by atoms with E-state index < -0.39 is 10.8 Å². The van der Waals surface area contributed by atoms with E-state index in [9.17, 15) is 9.00 Å².